The quantitative estimate of drug-likeness (QED) is 0.479. The molecule has 1 atom stereocenters. The average molecular weight is 331 g/mol. The van der Waals surface area contributed by atoms with Crippen LogP contribution in [0.25, 0.3) is 0 Å². The van der Waals surface area contributed by atoms with E-state index in [0.717, 1.165) is 6.07 Å². The van der Waals surface area contributed by atoms with E-state index in [2.05, 4.69) is 0 Å². The molecule has 0 radical (unpaired) electrons. The third kappa shape index (κ3) is 3.45. The van der Waals surface area contributed by atoms with Crippen LogP contribution in [0, 0.1) is 12.8 Å². The Labute approximate surface area is 112 Å². The Morgan fingerprint density at radius 1 is 1.11 bits per heavy atom. The van der Waals surface area contributed by atoms with Crippen molar-refractivity contribution in [3.8, 4) is 0 Å². The van der Waals surface area contributed by atoms with Gasteiger partial charge in [-0.15, -0.1) is 22.9 Å². The first kappa shape index (κ1) is 15.9. The standard InChI is InChI=1S/C9H6Cl2F6S/c1-3-2-4(18-7(3)11)5(10)6(8(12,13)14)9(15,16)17/h2,5-6H,1H3. The van der Waals surface area contributed by atoms with E-state index in [1.54, 1.807) is 0 Å². The van der Waals surface area contributed by atoms with Crippen molar-refractivity contribution in [2.45, 2.75) is 24.7 Å². The van der Waals surface area contributed by atoms with E-state index in [-0.39, 0.29) is 9.21 Å². The van der Waals surface area contributed by atoms with E-state index in [9.17, 15) is 26.3 Å². The zero-order chi connectivity index (χ0) is 14.3. The van der Waals surface area contributed by atoms with Crippen molar-refractivity contribution in [2.75, 3.05) is 0 Å². The zero-order valence-corrected chi connectivity index (χ0v) is 11.0. The Bertz CT molecular complexity index is 388. The van der Waals surface area contributed by atoms with Crippen LogP contribution in [-0.2, 0) is 0 Å². The van der Waals surface area contributed by atoms with Crippen LogP contribution >= 0.6 is 34.5 Å². The fourth-order valence-electron chi connectivity index (χ4n) is 1.30. The summed E-state index contributed by atoms with van der Waals surface area (Å²) in [4.78, 5) is -0.251. The average Bonchev–Trinajstić information content (AvgIpc) is 2.41. The molecule has 1 rings (SSSR count). The summed E-state index contributed by atoms with van der Waals surface area (Å²) in [5.74, 6) is -3.61. The van der Waals surface area contributed by atoms with Gasteiger partial charge in [-0.25, -0.2) is 0 Å². The van der Waals surface area contributed by atoms with Gasteiger partial charge in [0.15, 0.2) is 5.92 Å². The van der Waals surface area contributed by atoms with Gasteiger partial charge in [0.1, 0.15) is 0 Å². The first-order valence-corrected chi connectivity index (χ1v) is 6.11. The second kappa shape index (κ2) is 5.09. The number of aryl methyl sites for hydroxylation is 1. The highest BCUT2D eigenvalue weighted by Gasteiger charge is 2.60. The van der Waals surface area contributed by atoms with Gasteiger partial charge in [0, 0.05) is 4.88 Å². The van der Waals surface area contributed by atoms with Crippen molar-refractivity contribution in [2.24, 2.45) is 5.92 Å². The SMILES string of the molecule is Cc1cc(C(Cl)C(C(F)(F)F)C(F)(F)F)sc1Cl. The molecule has 0 fully saturated rings. The summed E-state index contributed by atoms with van der Waals surface area (Å²) in [6, 6.07) is 1.13. The van der Waals surface area contributed by atoms with Gasteiger partial charge >= 0.3 is 12.4 Å². The van der Waals surface area contributed by atoms with E-state index in [1.807, 2.05) is 0 Å². The maximum Gasteiger partial charge on any atom is 0.402 e. The molecule has 0 aliphatic rings. The lowest BCUT2D eigenvalue weighted by molar-refractivity contribution is -0.284. The third-order valence-corrected chi connectivity index (χ3v) is 4.40. The second-order valence-corrected chi connectivity index (χ2v) is 5.72. The lowest BCUT2D eigenvalue weighted by Crippen LogP contribution is -2.39. The molecular formula is C9H6Cl2F6S. The molecule has 0 saturated heterocycles. The first-order chi connectivity index (χ1) is 7.94. The smallest absolute Gasteiger partial charge is 0.170 e. The minimum atomic E-state index is -5.46. The highest BCUT2D eigenvalue weighted by molar-refractivity contribution is 7.16. The summed E-state index contributed by atoms with van der Waals surface area (Å²) < 4.78 is 74.7. The van der Waals surface area contributed by atoms with E-state index in [4.69, 9.17) is 23.2 Å². The van der Waals surface area contributed by atoms with Crippen molar-refractivity contribution in [3.63, 3.8) is 0 Å². The Kier molecular flexibility index (Phi) is 4.50. The molecule has 9 heteroatoms. The molecule has 104 valence electrons. The Morgan fingerprint density at radius 3 is 1.83 bits per heavy atom. The Hall–Kier alpha value is -0.140. The van der Waals surface area contributed by atoms with E-state index in [0.29, 0.717) is 16.9 Å². The highest BCUT2D eigenvalue weighted by Crippen LogP contribution is 2.51. The van der Waals surface area contributed by atoms with Gasteiger partial charge in [-0.05, 0) is 18.6 Å². The van der Waals surface area contributed by atoms with Gasteiger partial charge in [-0.3, -0.25) is 0 Å². The van der Waals surface area contributed by atoms with Crippen LogP contribution in [0.5, 0.6) is 0 Å². The van der Waals surface area contributed by atoms with E-state index < -0.39 is 23.6 Å². The normalized spacial score (nSPS) is 15.2. The Balaban J connectivity index is 3.15. The fourth-order valence-corrected chi connectivity index (χ4v) is 3.02. The molecule has 18 heavy (non-hydrogen) atoms. The summed E-state index contributed by atoms with van der Waals surface area (Å²) >= 11 is 11.6. The second-order valence-electron chi connectivity index (χ2n) is 3.57. The maximum absolute atomic E-state index is 12.4. The minimum absolute atomic E-state index is 0.124. The summed E-state index contributed by atoms with van der Waals surface area (Å²) in [7, 11) is 0. The lowest BCUT2D eigenvalue weighted by Gasteiger charge is -2.26. The molecule has 0 aromatic carbocycles. The molecule has 1 aromatic rings. The van der Waals surface area contributed by atoms with Gasteiger partial charge in [-0.1, -0.05) is 11.6 Å². The fraction of sp³-hybridized carbons (Fsp3) is 0.556. The van der Waals surface area contributed by atoms with Gasteiger partial charge in [0.05, 0.1) is 9.71 Å². The largest absolute Gasteiger partial charge is 0.402 e. The summed E-state index contributed by atoms with van der Waals surface area (Å²) in [6.07, 6.45) is -10.9. The molecule has 0 N–H and O–H groups in total. The predicted molar refractivity (Wildman–Crippen MR) is 58.3 cm³/mol. The van der Waals surface area contributed by atoms with Gasteiger partial charge < -0.3 is 0 Å². The number of hydrogen-bond acceptors (Lipinski definition) is 1. The number of rotatable bonds is 2. The lowest BCUT2D eigenvalue weighted by atomic mass is 10.0. The monoisotopic (exact) mass is 330 g/mol. The van der Waals surface area contributed by atoms with Crippen molar-refractivity contribution in [1.29, 1.82) is 0 Å². The summed E-state index contributed by atoms with van der Waals surface area (Å²) in [5.41, 5.74) is 0.394. The van der Waals surface area contributed by atoms with Crippen LogP contribution in [-0.4, -0.2) is 12.4 Å². The molecule has 0 nitrogen and oxygen atoms in total. The van der Waals surface area contributed by atoms with Gasteiger partial charge in [-0.2, -0.15) is 26.3 Å². The summed E-state index contributed by atoms with van der Waals surface area (Å²) in [6.45, 7) is 1.47. The van der Waals surface area contributed by atoms with E-state index in [1.165, 1.54) is 6.92 Å². The molecule has 1 aromatic heterocycles. The predicted octanol–water partition coefficient (Wildman–Crippen LogP) is 5.73. The van der Waals surface area contributed by atoms with Crippen LogP contribution in [0.4, 0.5) is 26.3 Å². The molecule has 0 saturated carbocycles. The molecule has 1 heterocycles. The van der Waals surface area contributed by atoms with Crippen molar-refractivity contribution < 1.29 is 26.3 Å². The van der Waals surface area contributed by atoms with Crippen molar-refractivity contribution in [3.05, 3.63) is 20.8 Å². The van der Waals surface area contributed by atoms with Crippen LogP contribution in [0.2, 0.25) is 4.34 Å². The number of thiophene rings is 1. The van der Waals surface area contributed by atoms with Crippen LogP contribution < -0.4 is 0 Å². The molecule has 0 spiro atoms. The zero-order valence-electron chi connectivity index (χ0n) is 8.66. The molecule has 0 aliphatic heterocycles. The first-order valence-electron chi connectivity index (χ1n) is 4.48. The van der Waals surface area contributed by atoms with E-state index >= 15 is 0 Å². The molecule has 1 unspecified atom stereocenters. The van der Waals surface area contributed by atoms with Crippen LogP contribution in [0.15, 0.2) is 6.07 Å². The number of hydrogen-bond donors (Lipinski definition) is 0. The van der Waals surface area contributed by atoms with Gasteiger partial charge in [0.2, 0.25) is 0 Å². The minimum Gasteiger partial charge on any atom is -0.170 e. The molecule has 0 amide bonds. The Morgan fingerprint density at radius 2 is 1.56 bits per heavy atom. The van der Waals surface area contributed by atoms with Crippen LogP contribution in [0.3, 0.4) is 0 Å². The highest BCUT2D eigenvalue weighted by atomic mass is 35.5. The molecule has 0 aliphatic carbocycles. The van der Waals surface area contributed by atoms with Crippen LogP contribution in [0.1, 0.15) is 15.8 Å². The maximum atomic E-state index is 12.4. The summed E-state index contributed by atoms with van der Waals surface area (Å²) in [5, 5.41) is -2.24. The third-order valence-electron chi connectivity index (χ3n) is 2.15. The number of halogens is 8. The molecular weight excluding hydrogens is 325 g/mol. The topological polar surface area (TPSA) is 0 Å². The number of alkyl halides is 7. The molecule has 0 bridgehead atoms. The van der Waals surface area contributed by atoms with Crippen molar-refractivity contribution >= 4 is 34.5 Å². The van der Waals surface area contributed by atoms with Crippen molar-refractivity contribution in [1.82, 2.24) is 0 Å². The van der Waals surface area contributed by atoms with Gasteiger partial charge in [0.25, 0.3) is 0 Å².